The summed E-state index contributed by atoms with van der Waals surface area (Å²) in [6, 6.07) is 0. The van der Waals surface area contributed by atoms with Crippen molar-refractivity contribution in [1.82, 2.24) is 10.3 Å². The minimum Gasteiger partial charge on any atom is -0.450 e. The molecule has 1 N–H and O–H groups in total. The van der Waals surface area contributed by atoms with Gasteiger partial charge in [0.1, 0.15) is 0 Å². The molecule has 1 rings (SSSR count). The first-order valence-corrected chi connectivity index (χ1v) is 5.86. The second-order valence-electron chi connectivity index (χ2n) is 3.41. The Kier molecular flexibility index (Phi) is 4.55. The molecule has 1 heterocycles. The van der Waals surface area contributed by atoms with E-state index in [1.165, 1.54) is 0 Å². The maximum Gasteiger partial charge on any atom is 0.407 e. The summed E-state index contributed by atoms with van der Waals surface area (Å²) in [5, 5.41) is 5.69. The van der Waals surface area contributed by atoms with E-state index in [1.54, 1.807) is 18.3 Å². The molecular formula is C10H16N2O2S. The van der Waals surface area contributed by atoms with Crippen LogP contribution >= 0.6 is 11.3 Å². The van der Waals surface area contributed by atoms with Crippen LogP contribution in [0.15, 0.2) is 5.38 Å². The molecule has 0 aliphatic carbocycles. The van der Waals surface area contributed by atoms with Gasteiger partial charge in [0, 0.05) is 11.3 Å². The SMILES string of the molecule is CCOC(=O)NCc1csc(C(C)C)n1. The van der Waals surface area contributed by atoms with Gasteiger partial charge in [-0.05, 0) is 6.92 Å². The Balaban J connectivity index is 2.41. The van der Waals surface area contributed by atoms with Crippen LogP contribution < -0.4 is 5.32 Å². The number of alkyl carbamates (subject to hydrolysis) is 1. The third-order valence-corrected chi connectivity index (χ3v) is 2.95. The predicted octanol–water partition coefficient (Wildman–Crippen LogP) is 2.51. The molecule has 0 atom stereocenters. The zero-order valence-electron chi connectivity index (χ0n) is 9.24. The predicted molar refractivity (Wildman–Crippen MR) is 60.1 cm³/mol. The highest BCUT2D eigenvalue weighted by molar-refractivity contribution is 7.09. The van der Waals surface area contributed by atoms with Crippen LogP contribution in [-0.4, -0.2) is 17.7 Å². The van der Waals surface area contributed by atoms with Gasteiger partial charge in [0.2, 0.25) is 0 Å². The number of aromatic nitrogens is 1. The summed E-state index contributed by atoms with van der Waals surface area (Å²) in [6.07, 6.45) is -0.392. The molecule has 0 spiro atoms. The molecule has 0 bridgehead atoms. The van der Waals surface area contributed by atoms with Crippen molar-refractivity contribution < 1.29 is 9.53 Å². The molecule has 0 saturated carbocycles. The number of rotatable bonds is 4. The van der Waals surface area contributed by atoms with Crippen molar-refractivity contribution in [2.75, 3.05) is 6.61 Å². The van der Waals surface area contributed by atoms with Gasteiger partial charge in [0.25, 0.3) is 0 Å². The monoisotopic (exact) mass is 228 g/mol. The minimum atomic E-state index is -0.392. The first-order valence-electron chi connectivity index (χ1n) is 4.98. The van der Waals surface area contributed by atoms with Crippen molar-refractivity contribution in [3.8, 4) is 0 Å². The maximum atomic E-state index is 11.0. The van der Waals surface area contributed by atoms with Crippen molar-refractivity contribution in [2.24, 2.45) is 0 Å². The van der Waals surface area contributed by atoms with Gasteiger partial charge in [0.15, 0.2) is 0 Å². The molecule has 1 amide bonds. The van der Waals surface area contributed by atoms with Gasteiger partial charge in [-0.2, -0.15) is 0 Å². The van der Waals surface area contributed by atoms with Gasteiger partial charge in [0.05, 0.1) is 23.9 Å². The van der Waals surface area contributed by atoms with E-state index in [-0.39, 0.29) is 0 Å². The number of amides is 1. The van der Waals surface area contributed by atoms with Crippen molar-refractivity contribution in [1.29, 1.82) is 0 Å². The molecule has 4 nitrogen and oxygen atoms in total. The first kappa shape index (κ1) is 12.0. The van der Waals surface area contributed by atoms with E-state index in [9.17, 15) is 4.79 Å². The van der Waals surface area contributed by atoms with Crippen LogP contribution in [0.1, 0.15) is 37.4 Å². The van der Waals surface area contributed by atoms with Crippen molar-refractivity contribution in [3.05, 3.63) is 16.1 Å². The van der Waals surface area contributed by atoms with Gasteiger partial charge < -0.3 is 10.1 Å². The zero-order valence-corrected chi connectivity index (χ0v) is 10.1. The molecule has 0 unspecified atom stereocenters. The van der Waals surface area contributed by atoms with Gasteiger partial charge in [-0.15, -0.1) is 11.3 Å². The Morgan fingerprint density at radius 3 is 2.93 bits per heavy atom. The number of thiazole rings is 1. The van der Waals surface area contributed by atoms with Crippen LogP contribution in [0.3, 0.4) is 0 Å². The lowest BCUT2D eigenvalue weighted by Gasteiger charge is -2.02. The summed E-state index contributed by atoms with van der Waals surface area (Å²) in [5.74, 6) is 0.436. The number of hydrogen-bond acceptors (Lipinski definition) is 4. The van der Waals surface area contributed by atoms with Crippen LogP contribution in [0.25, 0.3) is 0 Å². The number of nitrogens with one attached hydrogen (secondary N) is 1. The number of carbonyl (C=O) groups is 1. The van der Waals surface area contributed by atoms with Crippen LogP contribution in [-0.2, 0) is 11.3 Å². The van der Waals surface area contributed by atoms with E-state index in [2.05, 4.69) is 24.1 Å². The van der Waals surface area contributed by atoms with Gasteiger partial charge in [-0.3, -0.25) is 0 Å². The van der Waals surface area contributed by atoms with Crippen LogP contribution in [0.2, 0.25) is 0 Å². The van der Waals surface area contributed by atoms with Crippen molar-refractivity contribution >= 4 is 17.4 Å². The van der Waals surface area contributed by atoms with E-state index in [4.69, 9.17) is 4.74 Å². The lowest BCUT2D eigenvalue weighted by atomic mass is 10.2. The molecule has 1 aromatic heterocycles. The minimum absolute atomic E-state index is 0.389. The van der Waals surface area contributed by atoms with E-state index < -0.39 is 6.09 Å². The number of nitrogens with zero attached hydrogens (tertiary/aromatic N) is 1. The van der Waals surface area contributed by atoms with Crippen molar-refractivity contribution in [2.45, 2.75) is 33.2 Å². The number of carbonyl (C=O) groups excluding carboxylic acids is 1. The van der Waals surface area contributed by atoms with Crippen LogP contribution in [0.4, 0.5) is 4.79 Å². The highest BCUT2D eigenvalue weighted by Crippen LogP contribution is 2.18. The lowest BCUT2D eigenvalue weighted by Crippen LogP contribution is -2.23. The molecule has 0 saturated heterocycles. The molecule has 0 fully saturated rings. The summed E-state index contributed by atoms with van der Waals surface area (Å²) in [5.41, 5.74) is 0.886. The quantitative estimate of drug-likeness (QED) is 0.861. The molecular weight excluding hydrogens is 212 g/mol. The molecule has 0 radical (unpaired) electrons. The van der Waals surface area contributed by atoms with E-state index in [0.29, 0.717) is 19.1 Å². The van der Waals surface area contributed by atoms with Crippen LogP contribution in [0.5, 0.6) is 0 Å². The normalized spacial score (nSPS) is 10.4. The summed E-state index contributed by atoms with van der Waals surface area (Å²) in [7, 11) is 0. The number of ether oxygens (including phenoxy) is 1. The maximum absolute atomic E-state index is 11.0. The second-order valence-corrected chi connectivity index (χ2v) is 4.30. The Morgan fingerprint density at radius 2 is 2.40 bits per heavy atom. The highest BCUT2D eigenvalue weighted by atomic mass is 32.1. The fourth-order valence-corrected chi connectivity index (χ4v) is 1.85. The average Bonchev–Trinajstić information content (AvgIpc) is 2.63. The average molecular weight is 228 g/mol. The molecule has 84 valence electrons. The molecule has 1 aromatic rings. The van der Waals surface area contributed by atoms with E-state index >= 15 is 0 Å². The lowest BCUT2D eigenvalue weighted by molar-refractivity contribution is 0.151. The standard InChI is InChI=1S/C10H16N2O2S/c1-4-14-10(13)11-5-8-6-15-9(12-8)7(2)3/h6-7H,4-5H2,1-3H3,(H,11,13). The van der Waals surface area contributed by atoms with E-state index in [0.717, 1.165) is 10.7 Å². The molecule has 5 heteroatoms. The summed E-state index contributed by atoms with van der Waals surface area (Å²) >= 11 is 1.62. The Bertz CT molecular complexity index is 323. The fraction of sp³-hybridized carbons (Fsp3) is 0.600. The molecule has 0 aliphatic heterocycles. The number of hydrogen-bond donors (Lipinski definition) is 1. The molecule has 15 heavy (non-hydrogen) atoms. The van der Waals surface area contributed by atoms with Crippen LogP contribution in [0, 0.1) is 0 Å². The topological polar surface area (TPSA) is 51.2 Å². The van der Waals surface area contributed by atoms with Gasteiger partial charge in [-0.1, -0.05) is 13.8 Å². The van der Waals surface area contributed by atoms with Crippen molar-refractivity contribution in [3.63, 3.8) is 0 Å². The summed E-state index contributed by atoms with van der Waals surface area (Å²) in [4.78, 5) is 15.4. The summed E-state index contributed by atoms with van der Waals surface area (Å²) in [6.45, 7) is 6.80. The Hall–Kier alpha value is -1.10. The summed E-state index contributed by atoms with van der Waals surface area (Å²) < 4.78 is 4.74. The molecule has 0 aliphatic rings. The Labute approximate surface area is 93.7 Å². The molecule has 0 aromatic carbocycles. The second kappa shape index (κ2) is 5.70. The highest BCUT2D eigenvalue weighted by Gasteiger charge is 2.06. The third kappa shape index (κ3) is 3.87. The third-order valence-electron chi connectivity index (χ3n) is 1.75. The fourth-order valence-electron chi connectivity index (χ4n) is 1.01. The smallest absolute Gasteiger partial charge is 0.407 e. The van der Waals surface area contributed by atoms with Gasteiger partial charge in [-0.25, -0.2) is 9.78 Å². The first-order chi connectivity index (χ1) is 7.13. The van der Waals surface area contributed by atoms with E-state index in [1.807, 2.05) is 5.38 Å². The zero-order chi connectivity index (χ0) is 11.3. The Morgan fingerprint density at radius 1 is 1.67 bits per heavy atom. The largest absolute Gasteiger partial charge is 0.450 e. The van der Waals surface area contributed by atoms with Gasteiger partial charge >= 0.3 is 6.09 Å².